The Hall–Kier alpha value is -2.44. The number of amides is 1. The molecule has 22 heavy (non-hydrogen) atoms. The van der Waals surface area contributed by atoms with Crippen molar-refractivity contribution in [2.75, 3.05) is 6.54 Å². The highest BCUT2D eigenvalue weighted by molar-refractivity contribution is 5.76. The molecule has 1 N–H and O–H groups in total. The van der Waals surface area contributed by atoms with Crippen LogP contribution >= 0.6 is 0 Å². The molecule has 7 nitrogen and oxygen atoms in total. The molecule has 118 valence electrons. The molecule has 0 spiro atoms. The fourth-order valence-electron chi connectivity index (χ4n) is 2.20. The third-order valence-electron chi connectivity index (χ3n) is 3.43. The van der Waals surface area contributed by atoms with Gasteiger partial charge in [-0.15, -0.1) is 0 Å². The average Bonchev–Trinajstić information content (AvgIpc) is 2.79. The third kappa shape index (κ3) is 4.03. The monoisotopic (exact) mass is 304 g/mol. The molecule has 0 aliphatic heterocycles. The van der Waals surface area contributed by atoms with Crippen molar-refractivity contribution >= 4 is 5.91 Å². The topological polar surface area (TPSA) is 90.0 Å². The van der Waals surface area contributed by atoms with Crippen LogP contribution in [-0.2, 0) is 17.8 Å². The molecule has 0 atom stereocenters. The Bertz CT molecular complexity index is 698. The fraction of sp³-hybridized carbons (Fsp3) is 0.467. The first-order valence-corrected chi connectivity index (χ1v) is 7.20. The van der Waals surface area contributed by atoms with Crippen LogP contribution in [0.4, 0.5) is 0 Å². The van der Waals surface area contributed by atoms with Crippen molar-refractivity contribution in [2.45, 2.75) is 40.2 Å². The molecule has 7 heteroatoms. The number of aryl methyl sites for hydroxylation is 3. The molecule has 0 bridgehead atoms. The summed E-state index contributed by atoms with van der Waals surface area (Å²) in [6.45, 7) is 6.25. The molecule has 0 saturated carbocycles. The lowest BCUT2D eigenvalue weighted by Crippen LogP contribution is -2.32. The van der Waals surface area contributed by atoms with Crippen LogP contribution in [0.5, 0.6) is 0 Å². The van der Waals surface area contributed by atoms with Gasteiger partial charge in [-0.25, -0.2) is 4.68 Å². The van der Waals surface area contributed by atoms with E-state index in [-0.39, 0.29) is 11.5 Å². The van der Waals surface area contributed by atoms with Gasteiger partial charge in [-0.05, 0) is 33.3 Å². The van der Waals surface area contributed by atoms with Crippen molar-refractivity contribution in [1.82, 2.24) is 20.3 Å². The van der Waals surface area contributed by atoms with Crippen molar-refractivity contribution in [3.63, 3.8) is 0 Å². The summed E-state index contributed by atoms with van der Waals surface area (Å²) in [4.78, 5) is 23.4. The third-order valence-corrected chi connectivity index (χ3v) is 3.43. The van der Waals surface area contributed by atoms with Crippen molar-refractivity contribution in [2.24, 2.45) is 0 Å². The number of hydrogen-bond donors (Lipinski definition) is 1. The Morgan fingerprint density at radius 3 is 2.77 bits per heavy atom. The number of nitrogens with one attached hydrogen (secondary N) is 1. The largest absolute Gasteiger partial charge is 0.361 e. The van der Waals surface area contributed by atoms with E-state index >= 15 is 0 Å². The second-order valence-electron chi connectivity index (χ2n) is 5.19. The van der Waals surface area contributed by atoms with E-state index in [1.165, 1.54) is 10.7 Å². The lowest BCUT2D eigenvalue weighted by atomic mass is 10.1. The smallest absolute Gasteiger partial charge is 0.266 e. The summed E-state index contributed by atoms with van der Waals surface area (Å²) in [5.74, 6) is 0.682. The number of aromatic nitrogens is 3. The average molecular weight is 304 g/mol. The number of rotatable bonds is 6. The van der Waals surface area contributed by atoms with Crippen molar-refractivity contribution < 1.29 is 9.32 Å². The maximum atomic E-state index is 11.8. The summed E-state index contributed by atoms with van der Waals surface area (Å²) < 4.78 is 6.41. The number of carbonyl (C=O) groups excluding carboxylic acids is 1. The van der Waals surface area contributed by atoms with Gasteiger partial charge in [0.1, 0.15) is 5.76 Å². The molecule has 0 radical (unpaired) electrons. The minimum Gasteiger partial charge on any atom is -0.361 e. The van der Waals surface area contributed by atoms with Gasteiger partial charge in [0, 0.05) is 24.6 Å². The van der Waals surface area contributed by atoms with Crippen LogP contribution in [0.2, 0.25) is 0 Å². The molecule has 1 amide bonds. The first-order valence-electron chi connectivity index (χ1n) is 7.20. The van der Waals surface area contributed by atoms with Crippen LogP contribution in [0.3, 0.4) is 0 Å². The predicted molar refractivity (Wildman–Crippen MR) is 80.5 cm³/mol. The van der Waals surface area contributed by atoms with Crippen molar-refractivity contribution in [3.05, 3.63) is 45.2 Å². The molecular formula is C15H20N4O3. The van der Waals surface area contributed by atoms with E-state index in [1.807, 2.05) is 20.8 Å². The van der Waals surface area contributed by atoms with Crippen LogP contribution in [0.25, 0.3) is 0 Å². The molecule has 0 fully saturated rings. The van der Waals surface area contributed by atoms with E-state index in [1.54, 1.807) is 6.07 Å². The quantitative estimate of drug-likeness (QED) is 0.856. The number of nitrogens with zero attached hydrogens (tertiary/aromatic N) is 3. The standard InChI is InChI=1S/C15H20N4O3/c1-10-4-7-15(21)19(17-10)9-8-16-14(20)6-5-13-11(2)18-22-12(13)3/h4,7H,5-6,8-9H2,1-3H3,(H,16,20). The van der Waals surface area contributed by atoms with Crippen LogP contribution in [0, 0.1) is 20.8 Å². The minimum atomic E-state index is -0.171. The van der Waals surface area contributed by atoms with E-state index in [4.69, 9.17) is 4.52 Å². The van der Waals surface area contributed by atoms with Crippen LogP contribution in [0.15, 0.2) is 21.5 Å². The first-order chi connectivity index (χ1) is 10.5. The maximum absolute atomic E-state index is 11.8. The zero-order valence-corrected chi connectivity index (χ0v) is 13.0. The highest BCUT2D eigenvalue weighted by Gasteiger charge is 2.11. The zero-order chi connectivity index (χ0) is 16.1. The van der Waals surface area contributed by atoms with Gasteiger partial charge in [-0.2, -0.15) is 5.10 Å². The molecule has 2 heterocycles. The van der Waals surface area contributed by atoms with Gasteiger partial charge in [-0.1, -0.05) is 5.16 Å². The fourth-order valence-corrected chi connectivity index (χ4v) is 2.20. The second kappa shape index (κ2) is 7.02. The molecule has 0 aromatic carbocycles. The molecule has 2 rings (SSSR count). The van der Waals surface area contributed by atoms with E-state index in [9.17, 15) is 9.59 Å². The van der Waals surface area contributed by atoms with Crippen molar-refractivity contribution in [1.29, 1.82) is 0 Å². The normalized spacial score (nSPS) is 10.7. The highest BCUT2D eigenvalue weighted by Crippen LogP contribution is 2.13. The summed E-state index contributed by atoms with van der Waals surface area (Å²) in [6, 6.07) is 3.14. The summed E-state index contributed by atoms with van der Waals surface area (Å²) in [5, 5.41) is 10.8. The van der Waals surface area contributed by atoms with Crippen LogP contribution in [0.1, 0.15) is 29.1 Å². The van der Waals surface area contributed by atoms with Crippen LogP contribution < -0.4 is 10.9 Å². The van der Waals surface area contributed by atoms with Gasteiger partial charge in [0.15, 0.2) is 0 Å². The second-order valence-corrected chi connectivity index (χ2v) is 5.19. The predicted octanol–water partition coefficient (Wildman–Crippen LogP) is 0.906. The Morgan fingerprint density at radius 1 is 1.32 bits per heavy atom. The number of carbonyl (C=O) groups is 1. The Morgan fingerprint density at radius 2 is 2.09 bits per heavy atom. The number of hydrogen-bond acceptors (Lipinski definition) is 5. The minimum absolute atomic E-state index is 0.0688. The van der Waals surface area contributed by atoms with Gasteiger partial charge >= 0.3 is 0 Å². The van der Waals surface area contributed by atoms with Gasteiger partial charge in [0.25, 0.3) is 5.56 Å². The molecular weight excluding hydrogens is 284 g/mol. The van der Waals surface area contributed by atoms with E-state index in [0.717, 1.165) is 22.7 Å². The molecule has 0 aliphatic carbocycles. The van der Waals surface area contributed by atoms with Gasteiger partial charge in [-0.3, -0.25) is 9.59 Å². The summed E-state index contributed by atoms with van der Waals surface area (Å²) in [5.41, 5.74) is 2.40. The van der Waals surface area contributed by atoms with Crippen LogP contribution in [-0.4, -0.2) is 27.4 Å². The molecule has 0 aliphatic rings. The zero-order valence-electron chi connectivity index (χ0n) is 13.0. The summed E-state index contributed by atoms with van der Waals surface area (Å²) in [7, 11) is 0. The molecule has 0 saturated heterocycles. The Kier molecular flexibility index (Phi) is 5.08. The highest BCUT2D eigenvalue weighted by atomic mass is 16.5. The van der Waals surface area contributed by atoms with Crippen molar-refractivity contribution in [3.8, 4) is 0 Å². The maximum Gasteiger partial charge on any atom is 0.266 e. The van der Waals surface area contributed by atoms with E-state index in [2.05, 4.69) is 15.6 Å². The summed E-state index contributed by atoms with van der Waals surface area (Å²) in [6.07, 6.45) is 0.953. The summed E-state index contributed by atoms with van der Waals surface area (Å²) >= 11 is 0. The molecule has 2 aromatic rings. The van der Waals surface area contributed by atoms with Gasteiger partial charge in [0.05, 0.1) is 17.9 Å². The SMILES string of the molecule is Cc1ccc(=O)n(CCNC(=O)CCc2c(C)noc2C)n1. The lowest BCUT2D eigenvalue weighted by Gasteiger charge is -2.07. The lowest BCUT2D eigenvalue weighted by molar-refractivity contribution is -0.121. The van der Waals surface area contributed by atoms with E-state index in [0.29, 0.717) is 25.9 Å². The van der Waals surface area contributed by atoms with Gasteiger partial charge < -0.3 is 9.84 Å². The Balaban J connectivity index is 1.79. The van der Waals surface area contributed by atoms with Gasteiger partial charge in [0.2, 0.25) is 5.91 Å². The van der Waals surface area contributed by atoms with E-state index < -0.39 is 0 Å². The first kappa shape index (κ1) is 15.9. The molecule has 2 aromatic heterocycles. The molecule has 0 unspecified atom stereocenters. The Labute approximate surface area is 128 Å².